The van der Waals surface area contributed by atoms with Gasteiger partial charge in [-0.1, -0.05) is 36.4 Å². The van der Waals surface area contributed by atoms with E-state index in [1.165, 1.54) is 22.2 Å². The summed E-state index contributed by atoms with van der Waals surface area (Å²) in [6.45, 7) is 0.732. The molecular formula is C20H19N5. The standard InChI is InChI=1S/C20H19N5/c1-22(2)14-25-20-12-23-17-9-5-3-7-15(17)11-19(23)16-8-4-6-10-18(16)24(20)13-21-25/h3-13H,14H2,1-2H3. The lowest BCUT2D eigenvalue weighted by Crippen LogP contribution is -2.31. The summed E-state index contributed by atoms with van der Waals surface area (Å²) < 4.78 is 2.28. The Hall–Kier alpha value is -3.05. The molecule has 0 fully saturated rings. The molecule has 0 aliphatic carbocycles. The molecule has 1 aromatic heterocycles. The van der Waals surface area contributed by atoms with Crippen molar-refractivity contribution in [3.8, 4) is 11.3 Å². The summed E-state index contributed by atoms with van der Waals surface area (Å²) in [5.41, 5.74) is 4.78. The van der Waals surface area contributed by atoms with Gasteiger partial charge in [-0.3, -0.25) is 9.80 Å². The fourth-order valence-corrected chi connectivity index (χ4v) is 3.59. The van der Waals surface area contributed by atoms with Crippen molar-refractivity contribution < 1.29 is 0 Å². The Morgan fingerprint density at radius 2 is 1.80 bits per heavy atom. The molecule has 0 unspecified atom stereocenters. The van der Waals surface area contributed by atoms with Crippen molar-refractivity contribution in [2.24, 2.45) is 5.10 Å². The minimum Gasteiger partial charge on any atom is -0.312 e. The number of benzene rings is 2. The zero-order valence-electron chi connectivity index (χ0n) is 14.3. The lowest BCUT2D eigenvalue weighted by atomic mass is 10.1. The maximum Gasteiger partial charge on any atom is 0.153 e. The minimum absolute atomic E-state index is 0.732. The zero-order valence-corrected chi connectivity index (χ0v) is 14.3. The summed E-state index contributed by atoms with van der Waals surface area (Å²) in [7, 11) is 4.11. The Balaban J connectivity index is 1.80. The van der Waals surface area contributed by atoms with Gasteiger partial charge >= 0.3 is 0 Å². The molecule has 2 aliphatic rings. The first-order valence-electron chi connectivity index (χ1n) is 8.39. The van der Waals surface area contributed by atoms with Crippen molar-refractivity contribution >= 4 is 29.1 Å². The van der Waals surface area contributed by atoms with Gasteiger partial charge in [0.2, 0.25) is 0 Å². The number of para-hydroxylation sites is 2. The van der Waals surface area contributed by atoms with E-state index in [1.807, 2.05) is 11.3 Å². The van der Waals surface area contributed by atoms with Gasteiger partial charge in [-0.2, -0.15) is 5.10 Å². The predicted octanol–water partition coefficient (Wildman–Crippen LogP) is 3.66. The first-order valence-corrected chi connectivity index (χ1v) is 8.39. The molecule has 3 aromatic rings. The average molecular weight is 329 g/mol. The average Bonchev–Trinajstić information content (AvgIpc) is 3.13. The monoisotopic (exact) mass is 329 g/mol. The van der Waals surface area contributed by atoms with E-state index >= 15 is 0 Å². The van der Waals surface area contributed by atoms with Crippen LogP contribution < -0.4 is 4.90 Å². The lowest BCUT2D eigenvalue weighted by Gasteiger charge is -2.24. The lowest BCUT2D eigenvalue weighted by molar-refractivity contribution is 0.233. The van der Waals surface area contributed by atoms with Crippen LogP contribution in [-0.4, -0.2) is 41.6 Å². The van der Waals surface area contributed by atoms with Crippen LogP contribution in [0.25, 0.3) is 28.4 Å². The first-order chi connectivity index (χ1) is 12.2. The van der Waals surface area contributed by atoms with E-state index in [4.69, 9.17) is 0 Å². The molecule has 0 spiro atoms. The van der Waals surface area contributed by atoms with Crippen molar-refractivity contribution in [3.05, 3.63) is 60.4 Å². The van der Waals surface area contributed by atoms with E-state index in [2.05, 4.69) is 94.4 Å². The number of aromatic nitrogens is 1. The molecule has 2 aliphatic heterocycles. The maximum absolute atomic E-state index is 4.61. The number of hydrogen-bond donors (Lipinski definition) is 0. The minimum atomic E-state index is 0.732. The van der Waals surface area contributed by atoms with Crippen LogP contribution in [-0.2, 0) is 0 Å². The molecule has 0 atom stereocenters. The Bertz CT molecular complexity index is 1030. The molecule has 0 N–H and O–H groups in total. The normalized spacial score (nSPS) is 15.2. The Morgan fingerprint density at radius 1 is 1.00 bits per heavy atom. The van der Waals surface area contributed by atoms with Crippen LogP contribution in [0, 0.1) is 0 Å². The third kappa shape index (κ3) is 2.09. The Labute approximate surface area is 146 Å². The molecule has 5 rings (SSSR count). The molecular weight excluding hydrogens is 310 g/mol. The van der Waals surface area contributed by atoms with Gasteiger partial charge in [0.05, 0.1) is 29.8 Å². The molecule has 3 heterocycles. The van der Waals surface area contributed by atoms with Crippen LogP contribution in [0.4, 0.5) is 5.69 Å². The van der Waals surface area contributed by atoms with Crippen LogP contribution >= 0.6 is 0 Å². The number of rotatable bonds is 2. The maximum atomic E-state index is 4.61. The van der Waals surface area contributed by atoms with Gasteiger partial charge in [-0.15, -0.1) is 0 Å². The number of anilines is 1. The summed E-state index contributed by atoms with van der Waals surface area (Å²) in [6, 6.07) is 19.3. The fourth-order valence-electron chi connectivity index (χ4n) is 3.59. The van der Waals surface area contributed by atoms with Crippen LogP contribution in [0.15, 0.2) is 65.5 Å². The van der Waals surface area contributed by atoms with Crippen LogP contribution in [0.3, 0.4) is 0 Å². The van der Waals surface area contributed by atoms with Crippen LogP contribution in [0.1, 0.15) is 0 Å². The SMILES string of the molecule is CN(C)CN1N=CN2C1=Cn1c(cc3ccccc31)-c1ccccc12. The highest BCUT2D eigenvalue weighted by Crippen LogP contribution is 2.40. The zero-order chi connectivity index (χ0) is 17.0. The van der Waals surface area contributed by atoms with E-state index in [1.54, 1.807) is 0 Å². The van der Waals surface area contributed by atoms with Gasteiger partial charge in [0.15, 0.2) is 5.82 Å². The van der Waals surface area contributed by atoms with Crippen molar-refractivity contribution in [1.82, 2.24) is 14.5 Å². The van der Waals surface area contributed by atoms with Crippen LogP contribution in [0.5, 0.6) is 0 Å². The summed E-state index contributed by atoms with van der Waals surface area (Å²) in [4.78, 5) is 4.29. The van der Waals surface area contributed by atoms with Crippen molar-refractivity contribution in [2.45, 2.75) is 0 Å². The highest BCUT2D eigenvalue weighted by molar-refractivity contribution is 5.99. The topological polar surface area (TPSA) is 27.0 Å². The Kier molecular flexibility index (Phi) is 2.99. The van der Waals surface area contributed by atoms with E-state index in [-0.39, 0.29) is 0 Å². The van der Waals surface area contributed by atoms with E-state index in [9.17, 15) is 0 Å². The summed E-state index contributed by atoms with van der Waals surface area (Å²) >= 11 is 0. The number of hydrazone groups is 1. The molecule has 2 aromatic carbocycles. The molecule has 0 bridgehead atoms. The second-order valence-corrected chi connectivity index (χ2v) is 6.68. The predicted molar refractivity (Wildman–Crippen MR) is 103 cm³/mol. The molecule has 124 valence electrons. The van der Waals surface area contributed by atoms with Gasteiger partial charge in [-0.05, 0) is 32.3 Å². The van der Waals surface area contributed by atoms with Crippen molar-refractivity contribution in [1.29, 1.82) is 0 Å². The number of hydrogen-bond acceptors (Lipinski definition) is 4. The van der Waals surface area contributed by atoms with Crippen molar-refractivity contribution in [3.63, 3.8) is 0 Å². The highest BCUT2D eigenvalue weighted by Gasteiger charge is 2.29. The van der Waals surface area contributed by atoms with Gasteiger partial charge in [-0.25, -0.2) is 5.01 Å². The van der Waals surface area contributed by atoms with E-state index < -0.39 is 0 Å². The second kappa shape index (κ2) is 5.22. The van der Waals surface area contributed by atoms with Gasteiger partial charge in [0.25, 0.3) is 0 Å². The molecule has 0 radical (unpaired) electrons. The fraction of sp³-hybridized carbons (Fsp3) is 0.150. The van der Waals surface area contributed by atoms with E-state index in [0.29, 0.717) is 0 Å². The smallest absolute Gasteiger partial charge is 0.153 e. The van der Waals surface area contributed by atoms with E-state index in [0.717, 1.165) is 18.2 Å². The largest absolute Gasteiger partial charge is 0.312 e. The quantitative estimate of drug-likeness (QED) is 0.718. The molecule has 25 heavy (non-hydrogen) atoms. The molecule has 5 nitrogen and oxygen atoms in total. The third-order valence-electron chi connectivity index (χ3n) is 4.67. The third-order valence-corrected chi connectivity index (χ3v) is 4.67. The first kappa shape index (κ1) is 14.3. The van der Waals surface area contributed by atoms with Crippen molar-refractivity contribution in [2.75, 3.05) is 25.7 Å². The summed E-state index contributed by atoms with van der Waals surface area (Å²) in [6.07, 6.45) is 4.09. The van der Waals surface area contributed by atoms with Gasteiger partial charge in [0.1, 0.15) is 6.34 Å². The van der Waals surface area contributed by atoms with Crippen LogP contribution in [0.2, 0.25) is 0 Å². The number of nitrogens with zero attached hydrogens (tertiary/aromatic N) is 5. The molecule has 5 heteroatoms. The Morgan fingerprint density at radius 3 is 2.68 bits per heavy atom. The number of fused-ring (bicyclic) bond motifs is 7. The highest BCUT2D eigenvalue weighted by atomic mass is 15.6. The summed E-state index contributed by atoms with van der Waals surface area (Å²) in [5.74, 6) is 1.06. The molecule has 0 saturated heterocycles. The molecule has 0 saturated carbocycles. The molecule has 0 amide bonds. The second-order valence-electron chi connectivity index (χ2n) is 6.68. The summed E-state index contributed by atoms with van der Waals surface area (Å²) in [5, 5.41) is 7.88. The van der Waals surface area contributed by atoms with Gasteiger partial charge < -0.3 is 4.57 Å². The van der Waals surface area contributed by atoms with Gasteiger partial charge in [0, 0.05) is 10.9 Å².